The van der Waals surface area contributed by atoms with Gasteiger partial charge in [-0.2, -0.15) is 0 Å². The molecule has 154 valence electrons. The number of rotatable bonds is 5. The van der Waals surface area contributed by atoms with Gasteiger partial charge in [-0.25, -0.2) is 4.68 Å². The minimum Gasteiger partial charge on any atom is -0.497 e. The fraction of sp³-hybridized carbons (Fsp3) is 0.182. The van der Waals surface area contributed by atoms with Crippen LogP contribution in [0.1, 0.15) is 11.3 Å². The number of aryl methyl sites for hydroxylation is 1. The summed E-state index contributed by atoms with van der Waals surface area (Å²) in [6.07, 6.45) is 0. The largest absolute Gasteiger partial charge is 0.497 e. The summed E-state index contributed by atoms with van der Waals surface area (Å²) < 4.78 is 13.5. The summed E-state index contributed by atoms with van der Waals surface area (Å²) in [6, 6.07) is 13.9. The molecule has 0 atom stereocenters. The number of pyridine rings is 1. The Morgan fingerprint density at radius 2 is 1.67 bits per heavy atom. The van der Waals surface area contributed by atoms with E-state index in [1.165, 1.54) is 10.7 Å². The molecule has 0 amide bonds. The van der Waals surface area contributed by atoms with Crippen molar-refractivity contribution in [1.82, 2.24) is 14.3 Å². The van der Waals surface area contributed by atoms with E-state index in [-0.39, 0.29) is 17.7 Å². The number of halogens is 1. The lowest BCUT2D eigenvalue weighted by atomic mass is 10.1. The van der Waals surface area contributed by atoms with Gasteiger partial charge in [0.25, 0.3) is 11.1 Å². The highest BCUT2D eigenvalue weighted by Gasteiger charge is 2.17. The van der Waals surface area contributed by atoms with Crippen molar-refractivity contribution >= 4 is 22.5 Å². The molecule has 0 saturated heterocycles. The number of aromatic nitrogens is 3. The van der Waals surface area contributed by atoms with Crippen LogP contribution >= 0.6 is 11.6 Å². The van der Waals surface area contributed by atoms with E-state index in [0.717, 1.165) is 5.56 Å². The van der Waals surface area contributed by atoms with Crippen LogP contribution in [-0.2, 0) is 6.54 Å². The van der Waals surface area contributed by atoms with Crippen LogP contribution < -0.4 is 20.6 Å². The zero-order valence-corrected chi connectivity index (χ0v) is 17.5. The molecule has 4 rings (SSSR count). The van der Waals surface area contributed by atoms with Crippen LogP contribution in [0.25, 0.3) is 16.6 Å². The molecule has 0 spiro atoms. The maximum absolute atomic E-state index is 13.1. The van der Waals surface area contributed by atoms with Crippen LogP contribution in [0.4, 0.5) is 0 Å². The van der Waals surface area contributed by atoms with Crippen LogP contribution in [0, 0.1) is 6.92 Å². The molecular formula is C22H20ClN3O4. The molecule has 4 aromatic rings. The molecule has 0 unspecified atom stereocenters. The van der Waals surface area contributed by atoms with Gasteiger partial charge in [0.1, 0.15) is 11.5 Å². The van der Waals surface area contributed by atoms with E-state index in [1.807, 2.05) is 12.1 Å². The fourth-order valence-corrected chi connectivity index (χ4v) is 3.77. The summed E-state index contributed by atoms with van der Waals surface area (Å²) in [6.45, 7) is 2.03. The van der Waals surface area contributed by atoms with E-state index >= 15 is 0 Å². The Kier molecular flexibility index (Phi) is 5.13. The van der Waals surface area contributed by atoms with Crippen molar-refractivity contribution in [3.8, 4) is 17.2 Å². The number of nitrogens with zero attached hydrogens (tertiary/aromatic N) is 2. The molecule has 0 aliphatic carbocycles. The van der Waals surface area contributed by atoms with Gasteiger partial charge < -0.3 is 14.0 Å². The Morgan fingerprint density at radius 3 is 2.30 bits per heavy atom. The van der Waals surface area contributed by atoms with Crippen molar-refractivity contribution in [2.24, 2.45) is 0 Å². The molecule has 30 heavy (non-hydrogen) atoms. The maximum Gasteiger partial charge on any atom is 0.280 e. The normalized spacial score (nSPS) is 11.1. The summed E-state index contributed by atoms with van der Waals surface area (Å²) in [4.78, 5) is 26.0. The standard InChI is InChI=1S/C22H20ClN3O4/c1-13-21-18(24-26(22(21)28)19-7-5-4-6-17(19)23)11-20(27)25(13)12-14-8-15(29-2)10-16(9-14)30-3/h4-11,24H,12H2,1-3H3. The summed E-state index contributed by atoms with van der Waals surface area (Å²) in [5, 5.41) is 3.86. The third-order valence-corrected chi connectivity index (χ3v) is 5.38. The van der Waals surface area contributed by atoms with Gasteiger partial charge in [-0.05, 0) is 36.8 Å². The molecule has 0 radical (unpaired) electrons. The summed E-state index contributed by atoms with van der Waals surface area (Å²) in [5.74, 6) is 1.25. The molecule has 0 saturated carbocycles. The molecule has 0 aliphatic rings. The van der Waals surface area contributed by atoms with Gasteiger partial charge in [0.05, 0.1) is 42.4 Å². The Hall–Kier alpha value is -3.45. The predicted octanol–water partition coefficient (Wildman–Crippen LogP) is 3.51. The third kappa shape index (κ3) is 3.37. The number of aromatic amines is 1. The second-order valence-corrected chi connectivity index (χ2v) is 7.27. The van der Waals surface area contributed by atoms with Crippen LogP contribution in [0.5, 0.6) is 11.5 Å². The minimum absolute atomic E-state index is 0.227. The second kappa shape index (κ2) is 7.76. The molecule has 2 heterocycles. The topological polar surface area (TPSA) is 78.2 Å². The van der Waals surface area contributed by atoms with Gasteiger partial charge in [0.15, 0.2) is 0 Å². The van der Waals surface area contributed by atoms with E-state index in [2.05, 4.69) is 5.10 Å². The Morgan fingerprint density at radius 1 is 1.00 bits per heavy atom. The zero-order valence-electron chi connectivity index (χ0n) is 16.7. The molecule has 7 nitrogen and oxygen atoms in total. The lowest BCUT2D eigenvalue weighted by molar-refractivity contribution is 0.393. The van der Waals surface area contributed by atoms with Crippen LogP contribution in [0.15, 0.2) is 58.1 Å². The summed E-state index contributed by atoms with van der Waals surface area (Å²) in [5.41, 5.74) is 1.86. The number of methoxy groups -OCH3 is 2. The molecule has 1 N–H and O–H groups in total. The van der Waals surface area contributed by atoms with Gasteiger partial charge in [-0.3, -0.25) is 14.7 Å². The van der Waals surface area contributed by atoms with Crippen LogP contribution in [0.2, 0.25) is 5.02 Å². The van der Waals surface area contributed by atoms with Crippen molar-refractivity contribution in [2.45, 2.75) is 13.5 Å². The fourth-order valence-electron chi connectivity index (χ4n) is 3.55. The average Bonchev–Trinajstić information content (AvgIpc) is 3.07. The van der Waals surface area contributed by atoms with Gasteiger partial charge in [-0.1, -0.05) is 23.7 Å². The van der Waals surface area contributed by atoms with Gasteiger partial charge in [-0.15, -0.1) is 0 Å². The van der Waals surface area contributed by atoms with E-state index in [0.29, 0.717) is 38.8 Å². The first kappa shape index (κ1) is 19.8. The molecule has 0 aliphatic heterocycles. The number of para-hydroxylation sites is 1. The molecule has 0 bridgehead atoms. The lowest BCUT2D eigenvalue weighted by Crippen LogP contribution is -2.24. The smallest absolute Gasteiger partial charge is 0.280 e. The molecule has 8 heteroatoms. The Bertz CT molecular complexity index is 1350. The van der Waals surface area contributed by atoms with E-state index in [4.69, 9.17) is 21.1 Å². The quantitative estimate of drug-likeness (QED) is 0.530. The minimum atomic E-state index is -0.271. The van der Waals surface area contributed by atoms with Crippen LogP contribution in [-0.4, -0.2) is 28.6 Å². The number of H-pyrrole nitrogens is 1. The van der Waals surface area contributed by atoms with E-state index < -0.39 is 0 Å². The van der Waals surface area contributed by atoms with Crippen molar-refractivity contribution in [3.63, 3.8) is 0 Å². The third-order valence-electron chi connectivity index (χ3n) is 5.06. The highest BCUT2D eigenvalue weighted by atomic mass is 35.5. The molecule has 2 aromatic carbocycles. The molecular weight excluding hydrogens is 406 g/mol. The highest BCUT2D eigenvalue weighted by molar-refractivity contribution is 6.32. The highest BCUT2D eigenvalue weighted by Crippen LogP contribution is 2.24. The van der Waals surface area contributed by atoms with Crippen molar-refractivity contribution in [3.05, 3.63) is 85.5 Å². The molecule has 2 aromatic heterocycles. The van der Waals surface area contributed by atoms with Crippen molar-refractivity contribution in [2.75, 3.05) is 14.2 Å². The van der Waals surface area contributed by atoms with E-state index in [1.54, 1.807) is 56.0 Å². The monoisotopic (exact) mass is 425 g/mol. The number of benzene rings is 2. The maximum atomic E-state index is 13.1. The van der Waals surface area contributed by atoms with Crippen molar-refractivity contribution < 1.29 is 9.47 Å². The van der Waals surface area contributed by atoms with Crippen LogP contribution in [0.3, 0.4) is 0 Å². The van der Waals surface area contributed by atoms with Gasteiger partial charge in [0.2, 0.25) is 0 Å². The first-order valence-electron chi connectivity index (χ1n) is 9.25. The Balaban J connectivity index is 1.87. The first-order chi connectivity index (χ1) is 14.4. The Labute approximate surface area is 177 Å². The number of fused-ring (bicyclic) bond motifs is 1. The summed E-state index contributed by atoms with van der Waals surface area (Å²) >= 11 is 6.25. The number of hydrogen-bond acceptors (Lipinski definition) is 4. The number of nitrogens with one attached hydrogen (secondary N) is 1. The van der Waals surface area contributed by atoms with E-state index in [9.17, 15) is 9.59 Å². The van der Waals surface area contributed by atoms with Gasteiger partial charge in [0, 0.05) is 17.8 Å². The number of ether oxygens (including phenoxy) is 2. The second-order valence-electron chi connectivity index (χ2n) is 6.87. The SMILES string of the molecule is COc1cc(Cn2c(C)c3c(=O)n(-c4ccccc4Cl)[nH]c3cc2=O)cc(OC)c1. The average molecular weight is 426 g/mol. The zero-order chi connectivity index (χ0) is 21.4. The predicted molar refractivity (Wildman–Crippen MR) is 117 cm³/mol. The molecule has 0 fully saturated rings. The lowest BCUT2D eigenvalue weighted by Gasteiger charge is -2.12. The first-order valence-corrected chi connectivity index (χ1v) is 9.62. The summed E-state index contributed by atoms with van der Waals surface area (Å²) in [7, 11) is 3.14. The van der Waals surface area contributed by atoms with Gasteiger partial charge >= 0.3 is 0 Å². The number of hydrogen-bond donors (Lipinski definition) is 1. The van der Waals surface area contributed by atoms with Crippen molar-refractivity contribution in [1.29, 1.82) is 0 Å².